The van der Waals surface area contributed by atoms with Crippen molar-refractivity contribution >= 4 is 15.7 Å². The predicted octanol–water partition coefficient (Wildman–Crippen LogP) is 2.20. The molecule has 3 saturated carbocycles. The summed E-state index contributed by atoms with van der Waals surface area (Å²) in [7, 11) is -3.29. The van der Waals surface area contributed by atoms with Gasteiger partial charge in [0.05, 0.1) is 11.4 Å². The van der Waals surface area contributed by atoms with Crippen molar-refractivity contribution in [2.45, 2.75) is 82.1 Å². The zero-order valence-electron chi connectivity index (χ0n) is 14.1. The molecular weight excluding hydrogens is 314 g/mol. The Morgan fingerprint density at radius 2 is 1.83 bits per heavy atom. The van der Waals surface area contributed by atoms with Crippen molar-refractivity contribution in [2.75, 3.05) is 12.4 Å². The first kappa shape index (κ1) is 17.2. The van der Waals surface area contributed by atoms with Gasteiger partial charge in [0, 0.05) is 18.1 Å². The number of nitrogens with one attached hydrogen (secondary N) is 1. The highest BCUT2D eigenvalue weighted by molar-refractivity contribution is 7.92. The largest absolute Gasteiger partial charge is 0.378 e. The van der Waals surface area contributed by atoms with Crippen LogP contribution in [0, 0.1) is 5.41 Å². The van der Waals surface area contributed by atoms with Crippen LogP contribution in [0.2, 0.25) is 0 Å². The van der Waals surface area contributed by atoms with Crippen molar-refractivity contribution in [3.8, 4) is 0 Å². The summed E-state index contributed by atoms with van der Waals surface area (Å²) in [6.45, 7) is 2.70. The second-order valence-corrected chi connectivity index (χ2v) is 9.73. The summed E-state index contributed by atoms with van der Waals surface area (Å²) in [4.78, 5) is 12.3. The standard InChI is InChI=1S/C17H29NO4S/c1-2-22-15-11-14(17(15)9-5-6-10-17)18-16(19)12-23(20,21)13-7-3-4-8-13/h13-15H,2-12H2,1H3,(H,18,19)/t14-,15-/m0/s1. The van der Waals surface area contributed by atoms with Gasteiger partial charge in [-0.15, -0.1) is 0 Å². The monoisotopic (exact) mass is 343 g/mol. The van der Waals surface area contributed by atoms with E-state index in [1.54, 1.807) is 0 Å². The van der Waals surface area contributed by atoms with Gasteiger partial charge in [-0.25, -0.2) is 8.42 Å². The van der Waals surface area contributed by atoms with Crippen LogP contribution in [0.1, 0.15) is 64.7 Å². The molecule has 6 heteroatoms. The first-order chi connectivity index (χ1) is 11.0. The number of hydrogen-bond donors (Lipinski definition) is 1. The summed E-state index contributed by atoms with van der Waals surface area (Å²) in [6.07, 6.45) is 8.93. The zero-order valence-corrected chi connectivity index (χ0v) is 14.9. The lowest BCUT2D eigenvalue weighted by Crippen LogP contribution is -2.64. The molecule has 0 bridgehead atoms. The van der Waals surface area contributed by atoms with E-state index in [2.05, 4.69) is 5.32 Å². The van der Waals surface area contributed by atoms with Gasteiger partial charge in [-0.2, -0.15) is 0 Å². The maximum Gasteiger partial charge on any atom is 0.235 e. The lowest BCUT2D eigenvalue weighted by molar-refractivity contribution is -0.142. The van der Waals surface area contributed by atoms with Gasteiger partial charge < -0.3 is 10.1 Å². The molecule has 0 aliphatic heterocycles. The van der Waals surface area contributed by atoms with E-state index in [4.69, 9.17) is 4.74 Å². The van der Waals surface area contributed by atoms with Gasteiger partial charge in [0.15, 0.2) is 9.84 Å². The summed E-state index contributed by atoms with van der Waals surface area (Å²) in [6, 6.07) is 0.0906. The second kappa shape index (κ2) is 6.71. The summed E-state index contributed by atoms with van der Waals surface area (Å²) >= 11 is 0. The number of amides is 1. The third-order valence-corrected chi connectivity index (χ3v) is 8.32. The molecule has 1 amide bonds. The molecule has 1 N–H and O–H groups in total. The number of ether oxygens (including phenoxy) is 1. The van der Waals surface area contributed by atoms with Crippen LogP contribution in [0.15, 0.2) is 0 Å². The molecular formula is C17H29NO4S. The molecule has 0 unspecified atom stereocenters. The number of sulfone groups is 1. The number of carbonyl (C=O) groups excluding carboxylic acids is 1. The van der Waals surface area contributed by atoms with E-state index in [1.165, 1.54) is 12.8 Å². The van der Waals surface area contributed by atoms with Crippen LogP contribution in [-0.2, 0) is 19.4 Å². The summed E-state index contributed by atoms with van der Waals surface area (Å²) < 4.78 is 30.5. The number of hydrogen-bond acceptors (Lipinski definition) is 4. The maximum atomic E-state index is 12.3. The maximum absolute atomic E-state index is 12.3. The van der Waals surface area contributed by atoms with Crippen molar-refractivity contribution < 1.29 is 17.9 Å². The molecule has 3 rings (SSSR count). The van der Waals surface area contributed by atoms with Crippen LogP contribution in [0.25, 0.3) is 0 Å². The molecule has 0 aromatic carbocycles. The number of rotatable bonds is 6. The summed E-state index contributed by atoms with van der Waals surface area (Å²) in [5.74, 6) is -0.660. The van der Waals surface area contributed by atoms with Crippen LogP contribution >= 0.6 is 0 Å². The van der Waals surface area contributed by atoms with Gasteiger partial charge >= 0.3 is 0 Å². The molecule has 3 fully saturated rings. The predicted molar refractivity (Wildman–Crippen MR) is 88.9 cm³/mol. The van der Waals surface area contributed by atoms with E-state index < -0.39 is 9.84 Å². The average Bonchev–Trinajstić information content (AvgIpc) is 3.18. The molecule has 2 atom stereocenters. The third-order valence-electron chi connectivity index (χ3n) is 6.16. The fraction of sp³-hybridized carbons (Fsp3) is 0.941. The number of carbonyl (C=O) groups is 1. The highest BCUT2D eigenvalue weighted by atomic mass is 32.2. The molecule has 3 aliphatic carbocycles. The van der Waals surface area contributed by atoms with Crippen LogP contribution < -0.4 is 5.32 Å². The summed E-state index contributed by atoms with van der Waals surface area (Å²) in [5.41, 5.74) is 0.0583. The van der Waals surface area contributed by atoms with E-state index in [1.807, 2.05) is 6.92 Å². The van der Waals surface area contributed by atoms with E-state index in [9.17, 15) is 13.2 Å². The van der Waals surface area contributed by atoms with Gasteiger partial charge in [-0.3, -0.25) is 4.79 Å². The van der Waals surface area contributed by atoms with Crippen molar-refractivity contribution in [2.24, 2.45) is 5.41 Å². The second-order valence-electron chi connectivity index (χ2n) is 7.45. The first-order valence-corrected chi connectivity index (χ1v) is 10.8. The van der Waals surface area contributed by atoms with Crippen molar-refractivity contribution in [1.29, 1.82) is 0 Å². The zero-order chi connectivity index (χ0) is 16.5. The molecule has 0 heterocycles. The van der Waals surface area contributed by atoms with Crippen LogP contribution in [0.3, 0.4) is 0 Å². The first-order valence-electron chi connectivity index (χ1n) is 9.10. The highest BCUT2D eigenvalue weighted by Gasteiger charge is 2.57. The molecule has 23 heavy (non-hydrogen) atoms. The Hall–Kier alpha value is -0.620. The molecule has 132 valence electrons. The van der Waals surface area contributed by atoms with Gasteiger partial charge in [-0.1, -0.05) is 25.7 Å². The van der Waals surface area contributed by atoms with Crippen LogP contribution in [0.5, 0.6) is 0 Å². The lowest BCUT2D eigenvalue weighted by Gasteiger charge is -2.54. The molecule has 0 saturated heterocycles. The summed E-state index contributed by atoms with van der Waals surface area (Å²) in [5, 5.41) is 2.72. The Morgan fingerprint density at radius 1 is 1.17 bits per heavy atom. The van der Waals surface area contributed by atoms with Gasteiger partial charge in [0.2, 0.25) is 5.91 Å². The Bertz CT molecular complexity index is 533. The van der Waals surface area contributed by atoms with E-state index in [0.29, 0.717) is 6.61 Å². The lowest BCUT2D eigenvalue weighted by atomic mass is 9.60. The van der Waals surface area contributed by atoms with Gasteiger partial charge in [0.1, 0.15) is 5.75 Å². The van der Waals surface area contributed by atoms with E-state index >= 15 is 0 Å². The molecule has 5 nitrogen and oxygen atoms in total. The highest BCUT2D eigenvalue weighted by Crippen LogP contribution is 2.54. The minimum absolute atomic E-state index is 0.0583. The van der Waals surface area contributed by atoms with Crippen molar-refractivity contribution in [3.05, 3.63) is 0 Å². The van der Waals surface area contributed by atoms with Crippen LogP contribution in [-0.4, -0.2) is 44.1 Å². The molecule has 1 spiro atoms. The topological polar surface area (TPSA) is 72.5 Å². The smallest absolute Gasteiger partial charge is 0.235 e. The van der Waals surface area contributed by atoms with Crippen molar-refractivity contribution in [3.63, 3.8) is 0 Å². The normalized spacial score (nSPS) is 30.5. The fourth-order valence-corrected chi connectivity index (χ4v) is 6.61. The van der Waals surface area contributed by atoms with Crippen molar-refractivity contribution in [1.82, 2.24) is 5.32 Å². The Labute approximate surface area is 139 Å². The fourth-order valence-electron chi connectivity index (χ4n) is 4.87. The van der Waals surface area contributed by atoms with Crippen LogP contribution in [0.4, 0.5) is 0 Å². The SMILES string of the molecule is CCO[C@H]1C[C@H](NC(=O)CS(=O)(=O)C2CCCC2)C12CCCC2. The molecule has 3 aliphatic rings. The molecule has 0 aromatic heterocycles. The van der Waals surface area contributed by atoms with E-state index in [0.717, 1.165) is 44.9 Å². The average molecular weight is 343 g/mol. The molecule has 0 aromatic rings. The Morgan fingerprint density at radius 3 is 2.43 bits per heavy atom. The minimum atomic E-state index is -3.29. The Kier molecular flexibility index (Phi) is 5.02. The molecule has 0 radical (unpaired) electrons. The minimum Gasteiger partial charge on any atom is -0.378 e. The van der Waals surface area contributed by atoms with Gasteiger partial charge in [-0.05, 0) is 39.0 Å². The Balaban J connectivity index is 1.57. The van der Waals surface area contributed by atoms with Gasteiger partial charge in [0.25, 0.3) is 0 Å². The quantitative estimate of drug-likeness (QED) is 0.802. The van der Waals surface area contributed by atoms with E-state index in [-0.39, 0.29) is 34.5 Å². The third kappa shape index (κ3) is 3.29.